The molecule has 1 fully saturated rings. The van der Waals surface area contributed by atoms with Gasteiger partial charge >= 0.3 is 0 Å². The molecule has 106 valence electrons. The van der Waals surface area contributed by atoms with Gasteiger partial charge < -0.3 is 10.1 Å². The molecule has 1 aliphatic heterocycles. The molecule has 5 heteroatoms. The Morgan fingerprint density at radius 3 is 3.00 bits per heavy atom. The largest absolute Gasteiger partial charge is 0.374 e. The molecule has 0 bridgehead atoms. The Morgan fingerprint density at radius 1 is 1.53 bits per heavy atom. The van der Waals surface area contributed by atoms with Crippen LogP contribution in [0.1, 0.15) is 18.5 Å². The van der Waals surface area contributed by atoms with Gasteiger partial charge in [0.05, 0.1) is 18.8 Å². The second-order valence-corrected chi connectivity index (χ2v) is 5.18. The second kappa shape index (κ2) is 6.66. The highest BCUT2D eigenvalue weighted by Gasteiger charge is 2.34. The molecule has 0 saturated carbocycles. The third-order valence-electron chi connectivity index (χ3n) is 3.49. The van der Waals surface area contributed by atoms with Crippen LogP contribution in [0.25, 0.3) is 0 Å². The lowest BCUT2D eigenvalue weighted by Gasteiger charge is -2.40. The summed E-state index contributed by atoms with van der Waals surface area (Å²) >= 11 is 6.18. The van der Waals surface area contributed by atoms with E-state index < -0.39 is 0 Å². The number of rotatable bonds is 4. The van der Waals surface area contributed by atoms with Gasteiger partial charge in [-0.05, 0) is 25.7 Å². The molecular formula is C14H20ClFN2O. The van der Waals surface area contributed by atoms with Crippen molar-refractivity contribution >= 4 is 11.6 Å². The SMILES string of the molecule is CCNCC1OCCN(C)C1c1c(F)cccc1Cl. The average Bonchev–Trinajstić information content (AvgIpc) is 2.38. The van der Waals surface area contributed by atoms with Crippen LogP contribution in [0, 0.1) is 5.82 Å². The van der Waals surface area contributed by atoms with Crippen LogP contribution in [0.15, 0.2) is 18.2 Å². The highest BCUT2D eigenvalue weighted by Crippen LogP contribution is 2.34. The molecule has 1 heterocycles. The number of ether oxygens (including phenoxy) is 1. The summed E-state index contributed by atoms with van der Waals surface area (Å²) in [7, 11) is 1.98. The van der Waals surface area contributed by atoms with Gasteiger partial charge in [-0.25, -0.2) is 4.39 Å². The molecule has 0 radical (unpaired) electrons. The predicted molar refractivity (Wildman–Crippen MR) is 75.1 cm³/mol. The summed E-state index contributed by atoms with van der Waals surface area (Å²) in [6.07, 6.45) is -0.0897. The first-order valence-electron chi connectivity index (χ1n) is 6.61. The fraction of sp³-hybridized carbons (Fsp3) is 0.571. The Hall–Kier alpha value is -0.680. The molecule has 1 saturated heterocycles. The van der Waals surface area contributed by atoms with E-state index in [9.17, 15) is 4.39 Å². The molecule has 19 heavy (non-hydrogen) atoms. The predicted octanol–water partition coefficient (Wildman–Crippen LogP) is 2.46. The van der Waals surface area contributed by atoms with E-state index in [1.807, 2.05) is 14.0 Å². The van der Waals surface area contributed by atoms with Crippen LogP contribution in [0.2, 0.25) is 5.02 Å². The van der Waals surface area contributed by atoms with E-state index >= 15 is 0 Å². The zero-order valence-corrected chi connectivity index (χ0v) is 12.1. The topological polar surface area (TPSA) is 24.5 Å². The highest BCUT2D eigenvalue weighted by molar-refractivity contribution is 6.31. The van der Waals surface area contributed by atoms with Crippen LogP contribution in [-0.4, -0.2) is 44.3 Å². The van der Waals surface area contributed by atoms with Gasteiger partial charge in [0, 0.05) is 23.7 Å². The van der Waals surface area contributed by atoms with Crippen LogP contribution < -0.4 is 5.32 Å². The number of benzene rings is 1. The summed E-state index contributed by atoms with van der Waals surface area (Å²) in [6, 6.07) is 4.66. The summed E-state index contributed by atoms with van der Waals surface area (Å²) in [5.41, 5.74) is 0.536. The van der Waals surface area contributed by atoms with Gasteiger partial charge in [-0.15, -0.1) is 0 Å². The van der Waals surface area contributed by atoms with Gasteiger partial charge in [-0.1, -0.05) is 24.6 Å². The maximum Gasteiger partial charge on any atom is 0.129 e. The number of hydrogen-bond donors (Lipinski definition) is 1. The normalized spacial score (nSPS) is 24.6. The van der Waals surface area contributed by atoms with E-state index in [1.165, 1.54) is 6.07 Å². The van der Waals surface area contributed by atoms with Crippen molar-refractivity contribution in [1.82, 2.24) is 10.2 Å². The fourth-order valence-corrected chi connectivity index (χ4v) is 2.79. The van der Waals surface area contributed by atoms with E-state index in [-0.39, 0.29) is 18.0 Å². The maximum absolute atomic E-state index is 14.1. The lowest BCUT2D eigenvalue weighted by atomic mass is 9.97. The quantitative estimate of drug-likeness (QED) is 0.920. The summed E-state index contributed by atoms with van der Waals surface area (Å²) in [5, 5.41) is 3.72. The van der Waals surface area contributed by atoms with Crippen LogP contribution in [0.3, 0.4) is 0 Å². The molecule has 0 aliphatic carbocycles. The third kappa shape index (κ3) is 3.26. The molecule has 1 N–H and O–H groups in total. The van der Waals surface area contributed by atoms with Gasteiger partial charge in [-0.3, -0.25) is 4.90 Å². The van der Waals surface area contributed by atoms with Gasteiger partial charge in [-0.2, -0.15) is 0 Å². The molecule has 3 nitrogen and oxygen atoms in total. The fourth-order valence-electron chi connectivity index (χ4n) is 2.52. The highest BCUT2D eigenvalue weighted by atomic mass is 35.5. The zero-order valence-electron chi connectivity index (χ0n) is 11.3. The number of hydrogen-bond acceptors (Lipinski definition) is 3. The Kier molecular flexibility index (Phi) is 5.16. The third-order valence-corrected chi connectivity index (χ3v) is 3.82. The average molecular weight is 287 g/mol. The van der Waals surface area contributed by atoms with Crippen molar-refractivity contribution in [2.75, 3.05) is 33.3 Å². The first-order valence-corrected chi connectivity index (χ1v) is 6.99. The Labute approximate surface area is 118 Å². The van der Waals surface area contributed by atoms with Gasteiger partial charge in [0.25, 0.3) is 0 Å². The summed E-state index contributed by atoms with van der Waals surface area (Å²) < 4.78 is 19.9. The van der Waals surface area contributed by atoms with Crippen molar-refractivity contribution in [3.05, 3.63) is 34.6 Å². The summed E-state index contributed by atoms with van der Waals surface area (Å²) in [5.74, 6) is -0.267. The number of halogens is 2. The van der Waals surface area contributed by atoms with E-state index in [1.54, 1.807) is 12.1 Å². The Morgan fingerprint density at radius 2 is 2.32 bits per heavy atom. The molecule has 1 aliphatic rings. The van der Waals surface area contributed by atoms with Crippen molar-refractivity contribution in [2.24, 2.45) is 0 Å². The molecular weight excluding hydrogens is 267 g/mol. The minimum atomic E-state index is -0.267. The summed E-state index contributed by atoms with van der Waals surface area (Å²) in [6.45, 7) is 5.03. The smallest absolute Gasteiger partial charge is 0.129 e. The van der Waals surface area contributed by atoms with E-state index in [0.717, 1.165) is 13.1 Å². The van der Waals surface area contributed by atoms with Gasteiger partial charge in [0.1, 0.15) is 5.82 Å². The Balaban J connectivity index is 2.30. The number of nitrogens with zero attached hydrogens (tertiary/aromatic N) is 1. The number of nitrogens with one attached hydrogen (secondary N) is 1. The first kappa shape index (κ1) is 14.7. The molecule has 0 aromatic heterocycles. The second-order valence-electron chi connectivity index (χ2n) is 4.78. The number of likely N-dealkylation sites (N-methyl/N-ethyl adjacent to an activating group) is 2. The molecule has 0 amide bonds. The molecule has 2 rings (SSSR count). The number of morpholine rings is 1. The maximum atomic E-state index is 14.1. The first-order chi connectivity index (χ1) is 9.15. The van der Waals surface area contributed by atoms with Crippen molar-refractivity contribution in [2.45, 2.75) is 19.1 Å². The molecule has 1 aromatic rings. The van der Waals surface area contributed by atoms with Crippen molar-refractivity contribution in [1.29, 1.82) is 0 Å². The molecule has 2 unspecified atom stereocenters. The lowest BCUT2D eigenvalue weighted by Crippen LogP contribution is -2.47. The van der Waals surface area contributed by atoms with Crippen LogP contribution in [-0.2, 0) is 4.74 Å². The van der Waals surface area contributed by atoms with Crippen molar-refractivity contribution < 1.29 is 9.13 Å². The minimum absolute atomic E-state index is 0.0897. The van der Waals surface area contributed by atoms with E-state index in [2.05, 4.69) is 10.2 Å². The van der Waals surface area contributed by atoms with E-state index in [0.29, 0.717) is 23.7 Å². The standard InChI is InChI=1S/C14H20ClFN2O/c1-3-17-9-12-14(18(2)7-8-19-12)13-10(15)5-4-6-11(13)16/h4-6,12,14,17H,3,7-9H2,1-2H3. The van der Waals surface area contributed by atoms with Crippen molar-refractivity contribution in [3.63, 3.8) is 0 Å². The molecule has 1 aromatic carbocycles. The Bertz CT molecular complexity index is 410. The van der Waals surface area contributed by atoms with Gasteiger partial charge in [0.2, 0.25) is 0 Å². The minimum Gasteiger partial charge on any atom is -0.374 e. The van der Waals surface area contributed by atoms with Crippen LogP contribution >= 0.6 is 11.6 Å². The zero-order chi connectivity index (χ0) is 13.8. The molecule has 2 atom stereocenters. The van der Waals surface area contributed by atoms with Gasteiger partial charge in [0.15, 0.2) is 0 Å². The monoisotopic (exact) mass is 286 g/mol. The lowest BCUT2D eigenvalue weighted by molar-refractivity contribution is -0.0621. The van der Waals surface area contributed by atoms with Crippen LogP contribution in [0.5, 0.6) is 0 Å². The molecule has 0 spiro atoms. The summed E-state index contributed by atoms with van der Waals surface area (Å²) in [4.78, 5) is 2.11. The van der Waals surface area contributed by atoms with Crippen molar-refractivity contribution in [3.8, 4) is 0 Å². The van der Waals surface area contributed by atoms with E-state index in [4.69, 9.17) is 16.3 Å². The van der Waals surface area contributed by atoms with Crippen LogP contribution in [0.4, 0.5) is 4.39 Å².